The molecule has 1 rings (SSSR count). The van der Waals surface area contributed by atoms with E-state index in [2.05, 4.69) is 4.98 Å². The van der Waals surface area contributed by atoms with Crippen molar-refractivity contribution in [1.82, 2.24) is 4.98 Å². The van der Waals surface area contributed by atoms with Crippen LogP contribution in [0.2, 0.25) is 0 Å². The number of carbonyl (C=O) groups is 1. The predicted molar refractivity (Wildman–Crippen MR) is 45.2 cm³/mol. The fraction of sp³-hybridized carbons (Fsp3) is 0.222. The first-order valence-electron chi connectivity index (χ1n) is 3.44. The molecule has 0 atom stereocenters. The molecule has 1 aromatic rings. The van der Waals surface area contributed by atoms with E-state index in [-0.39, 0.29) is 25.3 Å². The minimum Gasteiger partial charge on any atom is -0.505 e. The van der Waals surface area contributed by atoms with E-state index in [1.54, 1.807) is 6.92 Å². The van der Waals surface area contributed by atoms with Crippen molar-refractivity contribution in [2.75, 3.05) is 0 Å². The molecule has 4 heteroatoms. The summed E-state index contributed by atoms with van der Waals surface area (Å²) in [5.74, 6) is -0.156. The van der Waals surface area contributed by atoms with Gasteiger partial charge in [0.05, 0.1) is 17.9 Å². The first-order valence-corrected chi connectivity index (χ1v) is 3.44. The van der Waals surface area contributed by atoms with E-state index in [9.17, 15) is 9.90 Å². The third kappa shape index (κ3) is 2.03. The number of hydrogen-bond donors (Lipinski definition) is 2. The van der Waals surface area contributed by atoms with Crippen LogP contribution in [-0.4, -0.2) is 21.5 Å². The van der Waals surface area contributed by atoms with Gasteiger partial charge in [-0.05, 0) is 6.92 Å². The molecule has 0 aromatic carbocycles. The summed E-state index contributed by atoms with van der Waals surface area (Å²) in [7, 11) is 0. The van der Waals surface area contributed by atoms with E-state index in [1.807, 2.05) is 0 Å². The molecule has 4 nitrogen and oxygen atoms in total. The molecule has 0 bridgehead atoms. The molecule has 1 aromatic heterocycles. The van der Waals surface area contributed by atoms with Crippen LogP contribution in [0.5, 0.6) is 5.75 Å². The van der Waals surface area contributed by atoms with Crippen molar-refractivity contribution in [1.29, 1.82) is 0 Å². The van der Waals surface area contributed by atoms with Crippen LogP contribution in [0.1, 0.15) is 21.6 Å². The van der Waals surface area contributed by atoms with E-state index in [0.717, 1.165) is 0 Å². The smallest absolute Gasteiger partial charge is 0.154 e. The number of nitrogens with zero attached hydrogens (tertiary/aromatic N) is 1. The number of rotatable bonds is 2. The van der Waals surface area contributed by atoms with Crippen LogP contribution in [0.4, 0.5) is 0 Å². The molecule has 13 heavy (non-hydrogen) atoms. The van der Waals surface area contributed by atoms with Gasteiger partial charge in [-0.2, -0.15) is 0 Å². The Morgan fingerprint density at radius 1 is 1.62 bits per heavy atom. The van der Waals surface area contributed by atoms with Crippen molar-refractivity contribution in [3.8, 4) is 5.75 Å². The maximum atomic E-state index is 10.5. The number of aliphatic hydroxyl groups is 1. The highest BCUT2D eigenvalue weighted by Crippen LogP contribution is 2.21. The molecule has 68 valence electrons. The lowest BCUT2D eigenvalue weighted by atomic mass is 10.1. The van der Waals surface area contributed by atoms with Crippen molar-refractivity contribution in [2.45, 2.75) is 13.5 Å². The van der Waals surface area contributed by atoms with Gasteiger partial charge in [-0.25, -0.2) is 0 Å². The SMILES string of the molecule is Cc1ncc(CO)c(C=O)c1O.[C]. The van der Waals surface area contributed by atoms with E-state index < -0.39 is 0 Å². The molecule has 0 aliphatic rings. The molecular formula is C9H9NO3. The maximum Gasteiger partial charge on any atom is 0.154 e. The van der Waals surface area contributed by atoms with Crippen LogP contribution in [0, 0.1) is 14.4 Å². The lowest BCUT2D eigenvalue weighted by Crippen LogP contribution is -1.96. The zero-order chi connectivity index (χ0) is 9.14. The summed E-state index contributed by atoms with van der Waals surface area (Å²) in [4.78, 5) is 14.2. The second kappa shape index (κ2) is 4.57. The van der Waals surface area contributed by atoms with Crippen LogP contribution in [-0.2, 0) is 6.61 Å². The van der Waals surface area contributed by atoms with Gasteiger partial charge in [0.1, 0.15) is 5.75 Å². The Balaban J connectivity index is 0.00000144. The van der Waals surface area contributed by atoms with Crippen molar-refractivity contribution < 1.29 is 15.0 Å². The molecule has 2 N–H and O–H groups in total. The van der Waals surface area contributed by atoms with E-state index in [1.165, 1.54) is 6.20 Å². The normalized spacial score (nSPS) is 9.08. The number of aromatic nitrogens is 1. The van der Waals surface area contributed by atoms with Crippen molar-refractivity contribution in [3.63, 3.8) is 0 Å². The van der Waals surface area contributed by atoms with E-state index in [0.29, 0.717) is 17.5 Å². The maximum absolute atomic E-state index is 10.5. The van der Waals surface area contributed by atoms with Crippen LogP contribution in [0.3, 0.4) is 0 Å². The first kappa shape index (κ1) is 11.6. The molecule has 0 spiro atoms. The Bertz CT molecular complexity index is 310. The Hall–Kier alpha value is -1.42. The van der Waals surface area contributed by atoms with Crippen molar-refractivity contribution >= 4 is 6.29 Å². The first-order chi connectivity index (χ1) is 5.70. The number of aldehydes is 1. The topological polar surface area (TPSA) is 70.4 Å². The minimum atomic E-state index is -0.297. The van der Waals surface area contributed by atoms with Gasteiger partial charge >= 0.3 is 0 Å². The average molecular weight is 179 g/mol. The summed E-state index contributed by atoms with van der Waals surface area (Å²) in [6.45, 7) is 1.29. The zero-order valence-corrected chi connectivity index (χ0v) is 7.11. The molecule has 0 fully saturated rings. The molecule has 0 saturated carbocycles. The highest BCUT2D eigenvalue weighted by atomic mass is 16.3. The molecule has 4 radical (unpaired) electrons. The summed E-state index contributed by atoms with van der Waals surface area (Å²) in [6, 6.07) is 0. The van der Waals surface area contributed by atoms with Gasteiger partial charge in [-0.3, -0.25) is 9.78 Å². The third-order valence-electron chi connectivity index (χ3n) is 1.65. The van der Waals surface area contributed by atoms with Gasteiger partial charge in [0.2, 0.25) is 0 Å². The quantitative estimate of drug-likeness (QED) is 0.648. The van der Waals surface area contributed by atoms with E-state index >= 15 is 0 Å². The number of carbonyl (C=O) groups excluding carboxylic acids is 1. The molecule has 1 heterocycles. The number of aromatic hydroxyl groups is 1. The molecule has 0 aliphatic carbocycles. The van der Waals surface area contributed by atoms with Crippen LogP contribution >= 0.6 is 0 Å². The van der Waals surface area contributed by atoms with Gasteiger partial charge in [-0.1, -0.05) is 0 Å². The van der Waals surface area contributed by atoms with Crippen LogP contribution in [0.25, 0.3) is 0 Å². The number of aliphatic hydroxyl groups excluding tert-OH is 1. The van der Waals surface area contributed by atoms with Gasteiger partial charge < -0.3 is 10.2 Å². The second-order valence-electron chi connectivity index (χ2n) is 2.41. The fourth-order valence-corrected chi connectivity index (χ4v) is 0.910. The predicted octanol–water partition coefficient (Wildman–Crippen LogP) is 0.482. The lowest BCUT2D eigenvalue weighted by Gasteiger charge is -2.04. The molecule has 0 unspecified atom stereocenters. The van der Waals surface area contributed by atoms with Crippen molar-refractivity contribution in [2.24, 2.45) is 0 Å². The molecule has 0 saturated heterocycles. The van der Waals surface area contributed by atoms with Crippen molar-refractivity contribution in [3.05, 3.63) is 30.4 Å². The fourth-order valence-electron chi connectivity index (χ4n) is 0.910. The Kier molecular flexibility index (Phi) is 4.07. The summed E-state index contributed by atoms with van der Waals surface area (Å²) >= 11 is 0. The summed E-state index contributed by atoms with van der Waals surface area (Å²) in [5.41, 5.74) is 0.840. The summed E-state index contributed by atoms with van der Waals surface area (Å²) in [6.07, 6.45) is 1.88. The number of aryl methyl sites for hydroxylation is 1. The van der Waals surface area contributed by atoms with Gasteiger partial charge in [-0.15, -0.1) is 0 Å². The zero-order valence-electron chi connectivity index (χ0n) is 7.11. The number of hydrogen-bond acceptors (Lipinski definition) is 4. The minimum absolute atomic E-state index is 0. The largest absolute Gasteiger partial charge is 0.505 e. The number of pyridine rings is 1. The lowest BCUT2D eigenvalue weighted by molar-refractivity contribution is 0.111. The van der Waals surface area contributed by atoms with Crippen LogP contribution in [0.15, 0.2) is 6.20 Å². The van der Waals surface area contributed by atoms with E-state index in [4.69, 9.17) is 5.11 Å². The van der Waals surface area contributed by atoms with Gasteiger partial charge in [0.15, 0.2) is 6.29 Å². The molecule has 0 aliphatic heterocycles. The van der Waals surface area contributed by atoms with Gasteiger partial charge in [0, 0.05) is 19.2 Å². The second-order valence-corrected chi connectivity index (χ2v) is 2.41. The highest BCUT2D eigenvalue weighted by Gasteiger charge is 2.09. The Morgan fingerprint density at radius 3 is 2.69 bits per heavy atom. The average Bonchev–Trinajstić information content (AvgIpc) is 2.09. The van der Waals surface area contributed by atoms with Crippen LogP contribution < -0.4 is 0 Å². The Morgan fingerprint density at radius 2 is 2.23 bits per heavy atom. The monoisotopic (exact) mass is 179 g/mol. The third-order valence-corrected chi connectivity index (χ3v) is 1.65. The highest BCUT2D eigenvalue weighted by molar-refractivity contribution is 5.81. The standard InChI is InChI=1S/C8H9NO3.C/c1-5-8(12)7(4-11)6(3-10)2-9-5;/h2,4,10,12H,3H2,1H3;. The summed E-state index contributed by atoms with van der Waals surface area (Å²) in [5, 5.41) is 18.1. The Labute approximate surface area is 76.9 Å². The molecule has 0 amide bonds. The summed E-state index contributed by atoms with van der Waals surface area (Å²) < 4.78 is 0. The molecular weight excluding hydrogens is 170 g/mol. The van der Waals surface area contributed by atoms with Gasteiger partial charge in [0.25, 0.3) is 0 Å².